The van der Waals surface area contributed by atoms with Gasteiger partial charge in [-0.05, 0) is 55.8 Å². The summed E-state index contributed by atoms with van der Waals surface area (Å²) >= 11 is 0. The monoisotopic (exact) mass is 366 g/mol. The molecule has 0 bridgehead atoms. The average Bonchev–Trinajstić information content (AvgIpc) is 3.25. The molecule has 142 valence electrons. The molecule has 0 spiro atoms. The van der Waals surface area contributed by atoms with Gasteiger partial charge in [0, 0.05) is 23.7 Å². The van der Waals surface area contributed by atoms with Crippen molar-refractivity contribution in [3.63, 3.8) is 0 Å². The van der Waals surface area contributed by atoms with Crippen LogP contribution in [-0.4, -0.2) is 43.4 Å². The minimum atomic E-state index is -0.0786. The number of carbonyl (C=O) groups excluding carboxylic acids is 1. The van der Waals surface area contributed by atoms with Gasteiger partial charge in [-0.2, -0.15) is 0 Å². The molecule has 2 fully saturated rings. The van der Waals surface area contributed by atoms with Crippen molar-refractivity contribution < 1.29 is 14.3 Å². The van der Waals surface area contributed by atoms with Gasteiger partial charge in [-0.3, -0.25) is 9.69 Å². The second kappa shape index (κ2) is 8.65. The first kappa shape index (κ1) is 18.2. The van der Waals surface area contributed by atoms with Crippen molar-refractivity contribution in [3.8, 4) is 0 Å². The molecule has 5 nitrogen and oxygen atoms in total. The van der Waals surface area contributed by atoms with E-state index < -0.39 is 0 Å². The van der Waals surface area contributed by atoms with Gasteiger partial charge in [0.15, 0.2) is 6.29 Å². The highest BCUT2D eigenvalue weighted by molar-refractivity contribution is 6.04. The lowest BCUT2D eigenvalue weighted by molar-refractivity contribution is -0.0977. The number of anilines is 1. The number of ether oxygens (including phenoxy) is 2. The fraction of sp³-hybridized carbons (Fsp3) is 0.409. The minimum absolute atomic E-state index is 0.00885. The molecule has 2 heterocycles. The Hall–Kier alpha value is -2.21. The van der Waals surface area contributed by atoms with Gasteiger partial charge in [-0.1, -0.05) is 30.3 Å². The Labute approximate surface area is 160 Å². The minimum Gasteiger partial charge on any atom is -0.350 e. The third-order valence-electron chi connectivity index (χ3n) is 5.32. The highest BCUT2D eigenvalue weighted by Crippen LogP contribution is 2.26. The van der Waals surface area contributed by atoms with Crippen molar-refractivity contribution in [2.24, 2.45) is 5.92 Å². The third kappa shape index (κ3) is 4.75. The lowest BCUT2D eigenvalue weighted by atomic mass is 9.96. The number of amides is 1. The number of piperidine rings is 1. The van der Waals surface area contributed by atoms with Gasteiger partial charge >= 0.3 is 0 Å². The average molecular weight is 366 g/mol. The van der Waals surface area contributed by atoms with Crippen LogP contribution in [0.25, 0.3) is 0 Å². The molecule has 0 saturated carbocycles. The van der Waals surface area contributed by atoms with Gasteiger partial charge in [0.1, 0.15) is 0 Å². The van der Waals surface area contributed by atoms with Crippen LogP contribution in [0, 0.1) is 5.92 Å². The summed E-state index contributed by atoms with van der Waals surface area (Å²) in [5.41, 5.74) is 2.72. The lowest BCUT2D eigenvalue weighted by Gasteiger charge is -2.33. The number of para-hydroxylation sites is 1. The number of carbonyl (C=O) groups is 1. The molecule has 2 aromatic rings. The summed E-state index contributed by atoms with van der Waals surface area (Å²) in [5, 5.41) is 2.92. The molecule has 2 aliphatic rings. The molecule has 0 aromatic heterocycles. The first-order chi connectivity index (χ1) is 13.3. The number of hydrogen-bond donors (Lipinski definition) is 1. The zero-order valence-electron chi connectivity index (χ0n) is 15.5. The van der Waals surface area contributed by atoms with E-state index in [-0.39, 0.29) is 12.2 Å². The summed E-state index contributed by atoms with van der Waals surface area (Å²) in [4.78, 5) is 14.8. The van der Waals surface area contributed by atoms with E-state index in [0.717, 1.165) is 51.4 Å². The summed E-state index contributed by atoms with van der Waals surface area (Å²) < 4.78 is 11.3. The largest absolute Gasteiger partial charge is 0.350 e. The van der Waals surface area contributed by atoms with Crippen LogP contribution in [-0.2, 0) is 16.0 Å². The quantitative estimate of drug-likeness (QED) is 0.880. The van der Waals surface area contributed by atoms with E-state index >= 15 is 0 Å². The summed E-state index contributed by atoms with van der Waals surface area (Å²) in [6.07, 6.45) is 2.24. The molecule has 1 amide bonds. The van der Waals surface area contributed by atoms with Crippen molar-refractivity contribution >= 4 is 11.6 Å². The van der Waals surface area contributed by atoms with Crippen LogP contribution in [0.2, 0.25) is 0 Å². The molecule has 27 heavy (non-hydrogen) atoms. The second-order valence-corrected chi connectivity index (χ2v) is 7.24. The smallest absolute Gasteiger partial charge is 0.255 e. The Morgan fingerprint density at radius 1 is 0.963 bits per heavy atom. The van der Waals surface area contributed by atoms with E-state index in [2.05, 4.69) is 22.3 Å². The third-order valence-corrected chi connectivity index (χ3v) is 5.32. The Balaban J connectivity index is 1.27. The molecule has 1 N–H and O–H groups in total. The van der Waals surface area contributed by atoms with Gasteiger partial charge in [0.25, 0.3) is 5.91 Å². The zero-order chi connectivity index (χ0) is 18.5. The molecule has 0 aliphatic carbocycles. The summed E-state index contributed by atoms with van der Waals surface area (Å²) in [7, 11) is 0. The SMILES string of the molecule is O=C(Nc1ccccc1)c1ccc(CN2CCC(C3OCCO3)CC2)cc1. The van der Waals surface area contributed by atoms with E-state index in [9.17, 15) is 4.79 Å². The standard InChI is InChI=1S/C22H26N2O3/c25-21(23-20-4-2-1-3-5-20)18-8-6-17(7-9-18)16-24-12-10-19(11-13-24)22-26-14-15-27-22/h1-9,19,22H,10-16H2,(H,23,25). The Morgan fingerprint density at radius 3 is 2.30 bits per heavy atom. The summed E-state index contributed by atoms with van der Waals surface area (Å²) in [6, 6.07) is 17.4. The fourth-order valence-corrected chi connectivity index (χ4v) is 3.78. The summed E-state index contributed by atoms with van der Waals surface area (Å²) in [5.74, 6) is 0.443. The molecule has 0 atom stereocenters. The van der Waals surface area contributed by atoms with Crippen LogP contribution in [0.1, 0.15) is 28.8 Å². The predicted molar refractivity (Wildman–Crippen MR) is 105 cm³/mol. The molecular formula is C22H26N2O3. The molecule has 2 aliphatic heterocycles. The van der Waals surface area contributed by atoms with Gasteiger partial charge in [-0.25, -0.2) is 0 Å². The maximum Gasteiger partial charge on any atom is 0.255 e. The maximum absolute atomic E-state index is 12.3. The normalized spacial score (nSPS) is 19.3. The second-order valence-electron chi connectivity index (χ2n) is 7.24. The van der Waals surface area contributed by atoms with Crippen LogP contribution < -0.4 is 5.32 Å². The Morgan fingerprint density at radius 2 is 1.63 bits per heavy atom. The highest BCUT2D eigenvalue weighted by atomic mass is 16.7. The highest BCUT2D eigenvalue weighted by Gasteiger charge is 2.30. The van der Waals surface area contributed by atoms with Crippen LogP contribution in [0.15, 0.2) is 54.6 Å². The van der Waals surface area contributed by atoms with Crippen molar-refractivity contribution in [1.82, 2.24) is 4.90 Å². The number of hydrogen-bond acceptors (Lipinski definition) is 4. The molecule has 2 saturated heterocycles. The zero-order valence-corrected chi connectivity index (χ0v) is 15.5. The molecule has 5 heteroatoms. The van der Waals surface area contributed by atoms with E-state index in [1.807, 2.05) is 42.5 Å². The van der Waals surface area contributed by atoms with Crippen molar-refractivity contribution in [3.05, 3.63) is 65.7 Å². The van der Waals surface area contributed by atoms with Crippen molar-refractivity contribution in [1.29, 1.82) is 0 Å². The van der Waals surface area contributed by atoms with Crippen LogP contribution in [0.3, 0.4) is 0 Å². The molecule has 2 aromatic carbocycles. The number of rotatable bonds is 5. The van der Waals surface area contributed by atoms with E-state index in [1.165, 1.54) is 5.56 Å². The Bertz CT molecular complexity index is 734. The lowest BCUT2D eigenvalue weighted by Crippen LogP contribution is -2.37. The number of nitrogens with zero attached hydrogens (tertiary/aromatic N) is 1. The first-order valence-corrected chi connectivity index (χ1v) is 9.69. The topological polar surface area (TPSA) is 50.8 Å². The first-order valence-electron chi connectivity index (χ1n) is 9.69. The van der Waals surface area contributed by atoms with E-state index in [1.54, 1.807) is 0 Å². The van der Waals surface area contributed by atoms with Gasteiger partial charge < -0.3 is 14.8 Å². The number of benzene rings is 2. The molecule has 4 rings (SSSR count). The van der Waals surface area contributed by atoms with Crippen LogP contribution in [0.5, 0.6) is 0 Å². The summed E-state index contributed by atoms with van der Waals surface area (Å²) in [6.45, 7) is 4.50. The Kier molecular flexibility index (Phi) is 5.82. The van der Waals surface area contributed by atoms with Crippen molar-refractivity contribution in [2.45, 2.75) is 25.7 Å². The predicted octanol–water partition coefficient (Wildman–Crippen LogP) is 3.52. The fourth-order valence-electron chi connectivity index (χ4n) is 3.78. The van der Waals surface area contributed by atoms with Gasteiger partial charge in [0.05, 0.1) is 13.2 Å². The van der Waals surface area contributed by atoms with Gasteiger partial charge in [0.2, 0.25) is 0 Å². The number of likely N-dealkylation sites (tertiary alicyclic amines) is 1. The van der Waals surface area contributed by atoms with Crippen LogP contribution in [0.4, 0.5) is 5.69 Å². The number of nitrogens with one attached hydrogen (secondary N) is 1. The maximum atomic E-state index is 12.3. The molecule has 0 radical (unpaired) electrons. The molecule has 0 unspecified atom stereocenters. The van der Waals surface area contributed by atoms with Crippen LogP contribution >= 0.6 is 0 Å². The van der Waals surface area contributed by atoms with Crippen molar-refractivity contribution in [2.75, 3.05) is 31.6 Å². The van der Waals surface area contributed by atoms with E-state index in [0.29, 0.717) is 11.5 Å². The van der Waals surface area contributed by atoms with Gasteiger partial charge in [-0.15, -0.1) is 0 Å². The van der Waals surface area contributed by atoms with E-state index in [4.69, 9.17) is 9.47 Å². The molecular weight excluding hydrogens is 340 g/mol.